The number of aromatic nitrogens is 2. The monoisotopic (exact) mass is 354 g/mol. The Kier molecular flexibility index (Phi) is 5.06. The molecule has 0 saturated heterocycles. The van der Waals surface area contributed by atoms with Crippen LogP contribution < -0.4 is 21.9 Å². The Morgan fingerprint density at radius 3 is 2.65 bits per heavy atom. The molecular formula is C19H22N4O3. The number of benzene rings is 1. The summed E-state index contributed by atoms with van der Waals surface area (Å²) in [6.07, 6.45) is 6.24. The van der Waals surface area contributed by atoms with Gasteiger partial charge in [0.05, 0.1) is 6.54 Å². The first kappa shape index (κ1) is 17.7. The van der Waals surface area contributed by atoms with Crippen molar-refractivity contribution in [2.45, 2.75) is 25.8 Å². The lowest BCUT2D eigenvalue weighted by molar-refractivity contribution is -0.122. The van der Waals surface area contributed by atoms with Crippen LogP contribution in [0.1, 0.15) is 24.8 Å². The van der Waals surface area contributed by atoms with E-state index in [4.69, 9.17) is 5.73 Å². The number of H-pyrrole nitrogens is 1. The zero-order valence-corrected chi connectivity index (χ0v) is 14.6. The topological polar surface area (TPSA) is 101 Å². The van der Waals surface area contributed by atoms with Crippen LogP contribution in [0.2, 0.25) is 0 Å². The summed E-state index contributed by atoms with van der Waals surface area (Å²) in [5.41, 5.74) is 5.77. The summed E-state index contributed by atoms with van der Waals surface area (Å²) >= 11 is 0. The number of hydrogen-bond donors (Lipinski definition) is 2. The van der Waals surface area contributed by atoms with E-state index in [1.807, 2.05) is 42.5 Å². The van der Waals surface area contributed by atoms with Crippen molar-refractivity contribution in [3.05, 3.63) is 68.9 Å². The average Bonchev–Trinajstić information content (AvgIpc) is 2.66. The Balaban J connectivity index is 1.97. The van der Waals surface area contributed by atoms with Gasteiger partial charge >= 0.3 is 5.69 Å². The number of anilines is 2. The molecular weight excluding hydrogens is 332 g/mol. The molecule has 1 heterocycles. The number of rotatable bonds is 4. The summed E-state index contributed by atoms with van der Waals surface area (Å²) in [7, 11) is 1.53. The standard InChI is InChI=1S/C19H22N4O3/c1-22(18(25)14-10-6-3-7-11-14)15-16(20)23(19(26)21-17(15)24)12-13-8-4-2-5-9-13/h2-6,8-9,14H,7,10-12,20H2,1H3,(H,21,24,26). The van der Waals surface area contributed by atoms with Gasteiger partial charge in [-0.15, -0.1) is 0 Å². The van der Waals surface area contributed by atoms with Gasteiger partial charge in [-0.3, -0.25) is 19.1 Å². The maximum absolute atomic E-state index is 12.8. The molecule has 2 aromatic rings. The minimum absolute atomic E-state index is 0.00944. The third-order valence-corrected chi connectivity index (χ3v) is 4.68. The van der Waals surface area contributed by atoms with Gasteiger partial charge in [0.15, 0.2) is 5.69 Å². The molecule has 1 aliphatic carbocycles. The maximum atomic E-state index is 12.8. The molecule has 0 spiro atoms. The zero-order chi connectivity index (χ0) is 18.7. The summed E-state index contributed by atoms with van der Waals surface area (Å²) in [4.78, 5) is 40.9. The first-order chi connectivity index (χ1) is 12.5. The van der Waals surface area contributed by atoms with Crippen molar-refractivity contribution in [3.63, 3.8) is 0 Å². The number of carbonyl (C=O) groups excluding carboxylic acids is 1. The summed E-state index contributed by atoms with van der Waals surface area (Å²) in [6, 6.07) is 9.31. The third kappa shape index (κ3) is 3.46. The lowest BCUT2D eigenvalue weighted by Gasteiger charge is -2.25. The van der Waals surface area contributed by atoms with E-state index in [1.165, 1.54) is 16.5 Å². The molecule has 0 bridgehead atoms. The first-order valence-electron chi connectivity index (χ1n) is 8.58. The number of nitrogens with zero attached hydrogens (tertiary/aromatic N) is 2. The van der Waals surface area contributed by atoms with Crippen molar-refractivity contribution in [2.75, 3.05) is 17.7 Å². The molecule has 1 unspecified atom stereocenters. The smallest absolute Gasteiger partial charge is 0.330 e. The minimum atomic E-state index is -0.654. The van der Waals surface area contributed by atoms with E-state index in [0.29, 0.717) is 6.42 Å². The predicted octanol–water partition coefficient (Wildman–Crippen LogP) is 1.49. The highest BCUT2D eigenvalue weighted by Gasteiger charge is 2.27. The summed E-state index contributed by atoms with van der Waals surface area (Å²) < 4.78 is 1.27. The second-order valence-electron chi connectivity index (χ2n) is 6.44. The molecule has 0 fully saturated rings. The van der Waals surface area contributed by atoms with Crippen molar-refractivity contribution in [2.24, 2.45) is 5.92 Å². The Morgan fingerprint density at radius 2 is 2.00 bits per heavy atom. The number of carbonyl (C=O) groups is 1. The zero-order valence-electron chi connectivity index (χ0n) is 14.6. The number of nitrogen functional groups attached to an aromatic ring is 1. The highest BCUT2D eigenvalue weighted by Crippen LogP contribution is 2.24. The molecule has 26 heavy (non-hydrogen) atoms. The first-order valence-corrected chi connectivity index (χ1v) is 8.58. The van der Waals surface area contributed by atoms with E-state index < -0.39 is 11.2 Å². The fraction of sp³-hybridized carbons (Fsp3) is 0.316. The van der Waals surface area contributed by atoms with Gasteiger partial charge in [-0.2, -0.15) is 0 Å². The van der Waals surface area contributed by atoms with E-state index in [9.17, 15) is 14.4 Å². The lowest BCUT2D eigenvalue weighted by Crippen LogP contribution is -2.41. The van der Waals surface area contributed by atoms with Crippen LogP contribution in [0.3, 0.4) is 0 Å². The number of hydrogen-bond acceptors (Lipinski definition) is 4. The Morgan fingerprint density at radius 1 is 1.27 bits per heavy atom. The summed E-state index contributed by atoms with van der Waals surface area (Å²) in [5, 5.41) is 0. The molecule has 7 heteroatoms. The van der Waals surface area contributed by atoms with Gasteiger partial charge in [-0.1, -0.05) is 42.5 Å². The molecule has 1 atom stereocenters. The Hall–Kier alpha value is -3.09. The molecule has 3 N–H and O–H groups in total. The number of nitrogens with two attached hydrogens (primary N) is 1. The number of aromatic amines is 1. The van der Waals surface area contributed by atoms with Gasteiger partial charge in [-0.05, 0) is 24.8 Å². The van der Waals surface area contributed by atoms with Crippen LogP contribution in [0.15, 0.2) is 52.1 Å². The van der Waals surface area contributed by atoms with E-state index >= 15 is 0 Å². The molecule has 1 amide bonds. The molecule has 1 aromatic heterocycles. The van der Waals surface area contributed by atoms with Crippen LogP contribution in [-0.2, 0) is 11.3 Å². The van der Waals surface area contributed by atoms with Gasteiger partial charge in [0.2, 0.25) is 5.91 Å². The molecule has 1 aliphatic rings. The summed E-state index contributed by atoms with van der Waals surface area (Å²) in [6.45, 7) is 0.212. The molecule has 0 radical (unpaired) electrons. The van der Waals surface area contributed by atoms with Crippen LogP contribution in [0.4, 0.5) is 11.5 Å². The van der Waals surface area contributed by atoms with Crippen molar-refractivity contribution < 1.29 is 4.79 Å². The van der Waals surface area contributed by atoms with E-state index in [-0.39, 0.29) is 29.9 Å². The van der Waals surface area contributed by atoms with Crippen molar-refractivity contribution in [1.29, 1.82) is 0 Å². The van der Waals surface area contributed by atoms with Crippen LogP contribution >= 0.6 is 0 Å². The fourth-order valence-corrected chi connectivity index (χ4v) is 3.23. The van der Waals surface area contributed by atoms with Gasteiger partial charge in [0.25, 0.3) is 5.56 Å². The highest BCUT2D eigenvalue weighted by atomic mass is 16.2. The fourth-order valence-electron chi connectivity index (χ4n) is 3.23. The second kappa shape index (κ2) is 7.43. The molecule has 7 nitrogen and oxygen atoms in total. The molecule has 0 aliphatic heterocycles. The van der Waals surface area contributed by atoms with Crippen LogP contribution in [0.5, 0.6) is 0 Å². The van der Waals surface area contributed by atoms with Gasteiger partial charge in [0, 0.05) is 13.0 Å². The van der Waals surface area contributed by atoms with E-state index in [1.54, 1.807) is 0 Å². The van der Waals surface area contributed by atoms with Gasteiger partial charge in [0.1, 0.15) is 5.82 Å². The van der Waals surface area contributed by atoms with Crippen LogP contribution in [-0.4, -0.2) is 22.5 Å². The lowest BCUT2D eigenvalue weighted by atomic mass is 9.93. The van der Waals surface area contributed by atoms with Crippen LogP contribution in [0, 0.1) is 5.92 Å². The Bertz CT molecular complexity index is 943. The largest absolute Gasteiger partial charge is 0.383 e. The van der Waals surface area contributed by atoms with Gasteiger partial charge in [-0.25, -0.2) is 4.79 Å². The molecule has 1 aromatic carbocycles. The highest BCUT2D eigenvalue weighted by molar-refractivity contribution is 5.96. The number of allylic oxidation sites excluding steroid dienone is 2. The molecule has 136 valence electrons. The Labute approximate surface area is 150 Å². The van der Waals surface area contributed by atoms with Crippen molar-refractivity contribution in [3.8, 4) is 0 Å². The molecule has 0 saturated carbocycles. The third-order valence-electron chi connectivity index (χ3n) is 4.68. The quantitative estimate of drug-likeness (QED) is 0.812. The SMILES string of the molecule is CN(C(=O)C1CC=CCC1)c1c(N)n(Cc2ccccc2)c(=O)[nH]c1=O. The van der Waals surface area contributed by atoms with E-state index in [0.717, 1.165) is 18.4 Å². The normalized spacial score (nSPS) is 16.4. The second-order valence-corrected chi connectivity index (χ2v) is 6.44. The van der Waals surface area contributed by atoms with Crippen molar-refractivity contribution in [1.82, 2.24) is 9.55 Å². The average molecular weight is 354 g/mol. The number of amides is 1. The predicted molar refractivity (Wildman–Crippen MR) is 101 cm³/mol. The van der Waals surface area contributed by atoms with Crippen LogP contribution in [0.25, 0.3) is 0 Å². The van der Waals surface area contributed by atoms with E-state index in [2.05, 4.69) is 4.98 Å². The van der Waals surface area contributed by atoms with Gasteiger partial charge < -0.3 is 10.6 Å². The maximum Gasteiger partial charge on any atom is 0.330 e. The molecule has 3 rings (SSSR count). The minimum Gasteiger partial charge on any atom is -0.383 e. The summed E-state index contributed by atoms with van der Waals surface area (Å²) in [5.74, 6) is -0.362. The number of nitrogens with one attached hydrogen (secondary N) is 1. The van der Waals surface area contributed by atoms with Crippen molar-refractivity contribution >= 4 is 17.4 Å².